The van der Waals surface area contributed by atoms with Gasteiger partial charge in [-0.15, -0.1) is 6.42 Å². The number of terminal acetylenes is 1. The zero-order valence-electron chi connectivity index (χ0n) is 13.0. The van der Waals surface area contributed by atoms with Gasteiger partial charge in [0, 0.05) is 25.4 Å². The van der Waals surface area contributed by atoms with Crippen molar-refractivity contribution in [3.63, 3.8) is 0 Å². The van der Waals surface area contributed by atoms with E-state index < -0.39 is 4.92 Å². The highest BCUT2D eigenvalue weighted by atomic mass is 16.6. The lowest BCUT2D eigenvalue weighted by molar-refractivity contribution is -0.384. The highest BCUT2D eigenvalue weighted by molar-refractivity contribution is 5.65. The molecule has 0 aliphatic carbocycles. The Morgan fingerprint density at radius 2 is 2.17 bits per heavy atom. The van der Waals surface area contributed by atoms with E-state index in [0.29, 0.717) is 12.3 Å². The summed E-state index contributed by atoms with van der Waals surface area (Å²) in [6, 6.07) is 10.4. The molecular formula is C17H14N4O3. The molecule has 0 unspecified atom stereocenters. The molecule has 1 aromatic carbocycles. The summed E-state index contributed by atoms with van der Waals surface area (Å²) in [5.41, 5.74) is 0.451. The SMILES string of the molecule is C#CCOc1ccccc1CN(C)c1nccc(C#N)c1[N+](=O)[O-]. The van der Waals surface area contributed by atoms with Crippen molar-refractivity contribution in [2.75, 3.05) is 18.6 Å². The second kappa shape index (κ2) is 7.61. The summed E-state index contributed by atoms with van der Waals surface area (Å²) in [7, 11) is 1.66. The van der Waals surface area contributed by atoms with E-state index in [2.05, 4.69) is 10.9 Å². The van der Waals surface area contributed by atoms with Gasteiger partial charge >= 0.3 is 5.69 Å². The maximum Gasteiger partial charge on any atom is 0.329 e. The van der Waals surface area contributed by atoms with Gasteiger partial charge in [0.25, 0.3) is 0 Å². The lowest BCUT2D eigenvalue weighted by Gasteiger charge is -2.20. The van der Waals surface area contributed by atoms with Crippen LogP contribution in [0.25, 0.3) is 0 Å². The van der Waals surface area contributed by atoms with Crippen LogP contribution in [0.4, 0.5) is 11.5 Å². The third-order valence-electron chi connectivity index (χ3n) is 3.26. The van der Waals surface area contributed by atoms with E-state index in [0.717, 1.165) is 5.56 Å². The summed E-state index contributed by atoms with van der Waals surface area (Å²) >= 11 is 0. The van der Waals surface area contributed by atoms with Gasteiger partial charge in [-0.05, 0) is 12.1 Å². The third kappa shape index (κ3) is 3.60. The van der Waals surface area contributed by atoms with Gasteiger partial charge in [0.1, 0.15) is 24.0 Å². The minimum atomic E-state index is -0.599. The Morgan fingerprint density at radius 3 is 2.83 bits per heavy atom. The molecule has 7 nitrogen and oxygen atoms in total. The summed E-state index contributed by atoms with van der Waals surface area (Å²) in [5.74, 6) is 3.11. The van der Waals surface area contributed by atoms with Crippen LogP contribution < -0.4 is 9.64 Å². The van der Waals surface area contributed by atoms with Crippen molar-refractivity contribution in [3.8, 4) is 24.2 Å². The molecule has 2 rings (SSSR count). The predicted molar refractivity (Wildman–Crippen MR) is 88.5 cm³/mol. The smallest absolute Gasteiger partial charge is 0.329 e. The van der Waals surface area contributed by atoms with Gasteiger partial charge in [0.2, 0.25) is 5.82 Å². The molecule has 1 heterocycles. The first-order valence-electron chi connectivity index (χ1n) is 6.97. The van der Waals surface area contributed by atoms with Crippen LogP contribution >= 0.6 is 0 Å². The Balaban J connectivity index is 2.35. The van der Waals surface area contributed by atoms with E-state index in [1.807, 2.05) is 24.3 Å². The second-order valence-corrected chi connectivity index (χ2v) is 4.86. The fraction of sp³-hybridized carbons (Fsp3) is 0.176. The minimum absolute atomic E-state index is 0.0336. The molecule has 1 aromatic heterocycles. The number of ether oxygens (including phenoxy) is 1. The second-order valence-electron chi connectivity index (χ2n) is 4.86. The first kappa shape index (κ1) is 16.8. The number of aromatic nitrogens is 1. The first-order chi connectivity index (χ1) is 11.6. The molecule has 24 heavy (non-hydrogen) atoms. The summed E-state index contributed by atoms with van der Waals surface area (Å²) in [6.45, 7) is 0.437. The van der Waals surface area contributed by atoms with Crippen LogP contribution in [0, 0.1) is 33.8 Å². The zero-order valence-corrected chi connectivity index (χ0v) is 13.0. The monoisotopic (exact) mass is 322 g/mol. The highest BCUT2D eigenvalue weighted by Crippen LogP contribution is 2.30. The van der Waals surface area contributed by atoms with Crippen molar-refractivity contribution in [1.82, 2.24) is 4.98 Å². The van der Waals surface area contributed by atoms with Crippen LogP contribution in [-0.2, 0) is 6.54 Å². The van der Waals surface area contributed by atoms with Crippen LogP contribution in [0.5, 0.6) is 5.75 Å². The van der Waals surface area contributed by atoms with Crippen LogP contribution in [0.1, 0.15) is 11.1 Å². The quantitative estimate of drug-likeness (QED) is 0.461. The number of hydrogen-bond donors (Lipinski definition) is 0. The van der Waals surface area contributed by atoms with E-state index in [1.165, 1.54) is 12.3 Å². The standard InChI is InChI=1S/C17H14N4O3/c1-3-10-24-15-7-5-4-6-14(15)12-20(2)17-16(21(22)23)13(11-18)8-9-19-17/h1,4-9H,10,12H2,2H3. The van der Waals surface area contributed by atoms with E-state index in [-0.39, 0.29) is 23.7 Å². The number of para-hydroxylation sites is 1. The van der Waals surface area contributed by atoms with Gasteiger partial charge in [-0.25, -0.2) is 4.98 Å². The summed E-state index contributed by atoms with van der Waals surface area (Å²) in [5, 5.41) is 20.4. The van der Waals surface area contributed by atoms with Crippen molar-refractivity contribution in [3.05, 3.63) is 57.8 Å². The van der Waals surface area contributed by atoms with Crippen molar-refractivity contribution in [2.24, 2.45) is 0 Å². The third-order valence-corrected chi connectivity index (χ3v) is 3.26. The van der Waals surface area contributed by atoms with Crippen LogP contribution in [0.3, 0.4) is 0 Å². The topological polar surface area (TPSA) is 92.3 Å². The Morgan fingerprint density at radius 1 is 1.42 bits per heavy atom. The highest BCUT2D eigenvalue weighted by Gasteiger charge is 2.24. The summed E-state index contributed by atoms with van der Waals surface area (Å²) < 4.78 is 5.48. The molecule has 2 aromatic rings. The maximum absolute atomic E-state index is 11.3. The number of nitrogens with zero attached hydrogens (tertiary/aromatic N) is 4. The molecule has 0 bridgehead atoms. The molecule has 0 saturated heterocycles. The van der Waals surface area contributed by atoms with Crippen LogP contribution in [-0.4, -0.2) is 23.6 Å². The molecule has 0 N–H and O–H groups in total. The Bertz CT molecular complexity index is 836. The molecule has 0 fully saturated rings. The molecule has 0 saturated carbocycles. The number of nitriles is 1. The summed E-state index contributed by atoms with van der Waals surface area (Å²) in [4.78, 5) is 16.4. The average Bonchev–Trinajstić information content (AvgIpc) is 2.60. The van der Waals surface area contributed by atoms with Gasteiger partial charge in [0.05, 0.1) is 4.92 Å². The average molecular weight is 322 g/mol. The zero-order chi connectivity index (χ0) is 17.5. The molecule has 0 aliphatic rings. The molecule has 120 valence electrons. The maximum atomic E-state index is 11.3. The van der Waals surface area contributed by atoms with Gasteiger partial charge in [-0.1, -0.05) is 24.1 Å². The van der Waals surface area contributed by atoms with Gasteiger partial charge in [0.15, 0.2) is 0 Å². The number of benzene rings is 1. The number of pyridine rings is 1. The molecule has 0 aliphatic heterocycles. The Hall–Kier alpha value is -3.58. The Kier molecular flexibility index (Phi) is 5.32. The van der Waals surface area contributed by atoms with E-state index in [9.17, 15) is 10.1 Å². The minimum Gasteiger partial charge on any atom is -0.481 e. The fourth-order valence-corrected chi connectivity index (χ4v) is 2.22. The van der Waals surface area contributed by atoms with Gasteiger partial charge in [-0.3, -0.25) is 10.1 Å². The number of hydrogen-bond acceptors (Lipinski definition) is 6. The molecule has 0 amide bonds. The van der Waals surface area contributed by atoms with E-state index in [4.69, 9.17) is 16.4 Å². The van der Waals surface area contributed by atoms with Crippen molar-refractivity contribution in [1.29, 1.82) is 5.26 Å². The van der Waals surface area contributed by atoms with Crippen molar-refractivity contribution in [2.45, 2.75) is 6.54 Å². The van der Waals surface area contributed by atoms with E-state index in [1.54, 1.807) is 18.0 Å². The van der Waals surface area contributed by atoms with Gasteiger partial charge < -0.3 is 9.64 Å². The number of anilines is 1. The molecule has 0 atom stereocenters. The van der Waals surface area contributed by atoms with Crippen molar-refractivity contribution >= 4 is 11.5 Å². The lowest BCUT2D eigenvalue weighted by Crippen LogP contribution is -2.20. The lowest BCUT2D eigenvalue weighted by atomic mass is 10.1. The van der Waals surface area contributed by atoms with Gasteiger partial charge in [-0.2, -0.15) is 5.26 Å². The largest absolute Gasteiger partial charge is 0.481 e. The fourth-order valence-electron chi connectivity index (χ4n) is 2.22. The molecule has 0 spiro atoms. The van der Waals surface area contributed by atoms with Crippen LogP contribution in [0.2, 0.25) is 0 Å². The Labute approximate surface area is 139 Å². The number of rotatable bonds is 6. The molecule has 0 radical (unpaired) electrons. The van der Waals surface area contributed by atoms with Crippen molar-refractivity contribution < 1.29 is 9.66 Å². The number of nitro groups is 1. The molecule has 7 heteroatoms. The summed E-state index contributed by atoms with van der Waals surface area (Å²) in [6.07, 6.45) is 6.58. The van der Waals surface area contributed by atoms with E-state index >= 15 is 0 Å². The van der Waals surface area contributed by atoms with Crippen LogP contribution in [0.15, 0.2) is 36.5 Å². The first-order valence-corrected chi connectivity index (χ1v) is 6.97. The normalized spacial score (nSPS) is 9.62. The molecular weight excluding hydrogens is 308 g/mol. The predicted octanol–water partition coefficient (Wildman–Crippen LogP) is 2.51.